The average molecular weight is 431 g/mol. The Hall–Kier alpha value is -2.15. The molecule has 2 aliphatic heterocycles. The molecule has 0 aliphatic carbocycles. The van der Waals surface area contributed by atoms with Gasteiger partial charge in [0.25, 0.3) is 0 Å². The molecule has 2 aliphatic rings. The number of quaternary nitrogens is 1. The largest absolute Gasteiger partial charge is 0.550 e. The van der Waals surface area contributed by atoms with Crippen LogP contribution in [0.5, 0.6) is 0 Å². The Balaban J connectivity index is 1.52. The van der Waals surface area contributed by atoms with Crippen LogP contribution in [0.2, 0.25) is 0 Å². The second kappa shape index (κ2) is 10.4. The molecule has 0 aromatic carbocycles. The minimum atomic E-state index is -0.971. The molecule has 0 bridgehead atoms. The van der Waals surface area contributed by atoms with Crippen LogP contribution in [0.3, 0.4) is 0 Å². The van der Waals surface area contributed by atoms with E-state index in [4.69, 9.17) is 0 Å². The first-order valence-corrected chi connectivity index (χ1v) is 11.7. The van der Waals surface area contributed by atoms with Gasteiger partial charge in [-0.25, -0.2) is 4.98 Å². The molecule has 172 valence electrons. The van der Waals surface area contributed by atoms with Crippen LogP contribution in [0, 0.1) is 17.3 Å². The maximum absolute atomic E-state index is 12.7. The first kappa shape index (κ1) is 23.5. The highest BCUT2D eigenvalue weighted by Crippen LogP contribution is 2.30. The van der Waals surface area contributed by atoms with Crippen molar-refractivity contribution in [2.45, 2.75) is 46.5 Å². The molecule has 0 saturated carbocycles. The molecule has 1 aromatic heterocycles. The van der Waals surface area contributed by atoms with Gasteiger partial charge in [0.15, 0.2) is 0 Å². The number of anilines is 1. The van der Waals surface area contributed by atoms with Crippen molar-refractivity contribution in [3.05, 3.63) is 24.4 Å². The third-order valence-electron chi connectivity index (χ3n) is 6.67. The summed E-state index contributed by atoms with van der Waals surface area (Å²) in [6.45, 7) is 12.7. The van der Waals surface area contributed by atoms with E-state index in [1.165, 1.54) is 0 Å². The first-order valence-electron chi connectivity index (χ1n) is 11.7. The van der Waals surface area contributed by atoms with Gasteiger partial charge >= 0.3 is 0 Å². The molecule has 31 heavy (non-hydrogen) atoms. The Labute approximate surface area is 186 Å². The van der Waals surface area contributed by atoms with Crippen LogP contribution < -0.4 is 14.9 Å². The number of aliphatic carboxylic acids is 1. The molecule has 3 rings (SSSR count). The van der Waals surface area contributed by atoms with Crippen molar-refractivity contribution in [1.82, 2.24) is 9.88 Å². The van der Waals surface area contributed by atoms with Crippen molar-refractivity contribution < 1.29 is 19.6 Å². The van der Waals surface area contributed by atoms with Crippen LogP contribution in [0.15, 0.2) is 24.4 Å². The summed E-state index contributed by atoms with van der Waals surface area (Å²) in [5.74, 6) is 0.604. The Kier molecular flexibility index (Phi) is 7.92. The maximum Gasteiger partial charge on any atom is 0.223 e. The number of amides is 1. The lowest BCUT2D eigenvalue weighted by molar-refractivity contribution is -0.901. The second-order valence-electron chi connectivity index (χ2n) is 10.4. The normalized spacial score (nSPS) is 23.1. The molecule has 1 amide bonds. The van der Waals surface area contributed by atoms with E-state index < -0.39 is 5.97 Å². The van der Waals surface area contributed by atoms with Crippen molar-refractivity contribution in [2.75, 3.05) is 50.7 Å². The molecule has 1 aromatic rings. The van der Waals surface area contributed by atoms with Gasteiger partial charge in [0.05, 0.1) is 32.7 Å². The number of nitrogens with zero attached hydrogens (tertiary/aromatic N) is 3. The number of aromatic nitrogens is 1. The number of piperazine rings is 1. The number of piperidine rings is 1. The summed E-state index contributed by atoms with van der Waals surface area (Å²) < 4.78 is 0. The fourth-order valence-electron chi connectivity index (χ4n) is 4.91. The molecular formula is C24H38N4O3. The summed E-state index contributed by atoms with van der Waals surface area (Å²) in [6.07, 6.45) is 4.19. The molecular weight excluding hydrogens is 392 g/mol. The zero-order valence-electron chi connectivity index (χ0n) is 19.3. The lowest BCUT2D eigenvalue weighted by Crippen LogP contribution is -3.15. The minimum absolute atomic E-state index is 0.0359. The molecule has 3 heterocycles. The van der Waals surface area contributed by atoms with E-state index >= 15 is 0 Å². The highest BCUT2D eigenvalue weighted by Gasteiger charge is 2.33. The summed E-state index contributed by atoms with van der Waals surface area (Å²) in [4.78, 5) is 34.3. The van der Waals surface area contributed by atoms with Gasteiger partial charge in [-0.15, -0.1) is 0 Å². The number of nitrogens with one attached hydrogen (secondary N) is 1. The van der Waals surface area contributed by atoms with E-state index in [0.29, 0.717) is 19.5 Å². The number of rotatable bonds is 7. The quantitative estimate of drug-likeness (QED) is 0.669. The standard InChI is InChI=1S/C24H38N4O3/c1-24(2,3)17-22(29)28-11-8-19(16-23(30)31)20(18-28)7-10-26-12-14-27(15-13-26)21-6-4-5-9-25-21/h4-6,9,19-20H,7-8,10-18H2,1-3H3,(H,30,31)/t19-,20-/m0/s1. The third kappa shape index (κ3) is 7.20. The Bertz CT molecular complexity index is 726. The summed E-state index contributed by atoms with van der Waals surface area (Å²) in [6, 6.07) is 6.02. The minimum Gasteiger partial charge on any atom is -0.550 e. The molecule has 7 heteroatoms. The topological polar surface area (TPSA) is 81.0 Å². The van der Waals surface area contributed by atoms with Gasteiger partial charge in [-0.05, 0) is 42.2 Å². The van der Waals surface area contributed by atoms with E-state index in [-0.39, 0.29) is 29.6 Å². The fourth-order valence-corrected chi connectivity index (χ4v) is 4.91. The monoisotopic (exact) mass is 430 g/mol. The predicted octanol–water partition coefficient (Wildman–Crippen LogP) is 0.218. The van der Waals surface area contributed by atoms with Gasteiger partial charge < -0.3 is 24.6 Å². The van der Waals surface area contributed by atoms with E-state index in [1.54, 1.807) is 4.90 Å². The second-order valence-corrected chi connectivity index (χ2v) is 10.4. The van der Waals surface area contributed by atoms with Gasteiger partial charge in [0.2, 0.25) is 5.91 Å². The molecule has 2 saturated heterocycles. The number of carboxylic acid groups (broad SMARTS) is 1. The number of hydrogen-bond donors (Lipinski definition) is 1. The number of carbonyl (C=O) groups excluding carboxylic acids is 2. The molecule has 0 spiro atoms. The third-order valence-corrected chi connectivity index (χ3v) is 6.67. The van der Waals surface area contributed by atoms with Crippen molar-refractivity contribution in [2.24, 2.45) is 17.3 Å². The lowest BCUT2D eigenvalue weighted by atomic mass is 9.80. The zero-order chi connectivity index (χ0) is 22.4. The molecule has 1 N–H and O–H groups in total. The van der Waals surface area contributed by atoms with Crippen LogP contribution >= 0.6 is 0 Å². The molecule has 0 unspecified atom stereocenters. The fraction of sp³-hybridized carbons (Fsp3) is 0.708. The summed E-state index contributed by atoms with van der Waals surface area (Å²) in [7, 11) is 0. The summed E-state index contributed by atoms with van der Waals surface area (Å²) in [5, 5.41) is 11.3. The highest BCUT2D eigenvalue weighted by molar-refractivity contribution is 5.77. The van der Waals surface area contributed by atoms with Crippen LogP contribution in [-0.2, 0) is 9.59 Å². The van der Waals surface area contributed by atoms with E-state index in [2.05, 4.69) is 36.7 Å². The summed E-state index contributed by atoms with van der Waals surface area (Å²) >= 11 is 0. The number of pyridine rings is 1. The number of likely N-dealkylation sites (tertiary alicyclic amines) is 1. The van der Waals surface area contributed by atoms with E-state index in [9.17, 15) is 14.7 Å². The van der Waals surface area contributed by atoms with Gasteiger partial charge in [-0.3, -0.25) is 4.79 Å². The van der Waals surface area contributed by atoms with Crippen LogP contribution in [-0.4, -0.2) is 67.6 Å². The van der Waals surface area contributed by atoms with Crippen LogP contribution in [0.25, 0.3) is 0 Å². The zero-order valence-corrected chi connectivity index (χ0v) is 19.3. The lowest BCUT2D eigenvalue weighted by Gasteiger charge is -2.40. The Morgan fingerprint density at radius 3 is 2.52 bits per heavy atom. The van der Waals surface area contributed by atoms with Crippen LogP contribution in [0.4, 0.5) is 5.82 Å². The van der Waals surface area contributed by atoms with Crippen molar-refractivity contribution >= 4 is 17.7 Å². The number of carboxylic acids is 1. The molecule has 2 fully saturated rings. The first-order chi connectivity index (χ1) is 14.7. The summed E-state index contributed by atoms with van der Waals surface area (Å²) in [5.41, 5.74) is -0.0359. The van der Waals surface area contributed by atoms with Gasteiger partial charge in [0.1, 0.15) is 5.82 Å². The van der Waals surface area contributed by atoms with Crippen molar-refractivity contribution in [3.8, 4) is 0 Å². The SMILES string of the molecule is CC(C)(C)CC(=O)N1CC[C@@H](CC(=O)[O-])[C@@H](CC[NH+]2CCN(c3ccccn3)CC2)C1. The predicted molar refractivity (Wildman–Crippen MR) is 119 cm³/mol. The van der Waals surface area contributed by atoms with Crippen molar-refractivity contribution in [3.63, 3.8) is 0 Å². The van der Waals surface area contributed by atoms with Gasteiger partial charge in [0, 0.05) is 38.1 Å². The maximum atomic E-state index is 12.7. The molecule has 2 atom stereocenters. The average Bonchev–Trinajstić information content (AvgIpc) is 2.72. The Morgan fingerprint density at radius 1 is 1.16 bits per heavy atom. The van der Waals surface area contributed by atoms with Gasteiger partial charge in [-0.2, -0.15) is 0 Å². The van der Waals surface area contributed by atoms with E-state index in [0.717, 1.165) is 51.4 Å². The molecule has 7 nitrogen and oxygen atoms in total. The Morgan fingerprint density at radius 2 is 1.90 bits per heavy atom. The molecule has 0 radical (unpaired) electrons. The number of carbonyl (C=O) groups is 2. The number of hydrogen-bond acceptors (Lipinski definition) is 5. The highest BCUT2D eigenvalue weighted by atomic mass is 16.4. The van der Waals surface area contributed by atoms with Gasteiger partial charge in [-0.1, -0.05) is 26.8 Å². The smallest absolute Gasteiger partial charge is 0.223 e. The van der Waals surface area contributed by atoms with E-state index in [1.807, 2.05) is 23.2 Å². The van der Waals surface area contributed by atoms with Crippen LogP contribution in [0.1, 0.15) is 46.5 Å². The van der Waals surface area contributed by atoms with Crippen molar-refractivity contribution in [1.29, 1.82) is 0 Å².